The van der Waals surface area contributed by atoms with Crippen molar-refractivity contribution in [2.24, 2.45) is 0 Å². The van der Waals surface area contributed by atoms with Crippen molar-refractivity contribution in [2.75, 3.05) is 33.9 Å². The van der Waals surface area contributed by atoms with Crippen LogP contribution in [0.4, 0.5) is 0 Å². The summed E-state index contributed by atoms with van der Waals surface area (Å²) in [5, 5.41) is 4.55. The van der Waals surface area contributed by atoms with Crippen LogP contribution in [0.2, 0.25) is 10.0 Å². The van der Waals surface area contributed by atoms with Crippen molar-refractivity contribution in [3.63, 3.8) is 0 Å². The van der Waals surface area contributed by atoms with Crippen molar-refractivity contribution in [1.29, 1.82) is 0 Å². The van der Waals surface area contributed by atoms with Crippen molar-refractivity contribution >= 4 is 29.1 Å². The molecule has 1 amide bonds. The Hall–Kier alpha value is -1.59. The minimum atomic E-state index is -0.589. The van der Waals surface area contributed by atoms with E-state index in [0.29, 0.717) is 42.6 Å². The summed E-state index contributed by atoms with van der Waals surface area (Å²) in [6.07, 6.45) is 1.31. The first-order chi connectivity index (χ1) is 13.4. The van der Waals surface area contributed by atoms with Crippen LogP contribution in [0.1, 0.15) is 30.0 Å². The number of carbonyl (C=O) groups is 1. The molecule has 2 aromatic carbocycles. The van der Waals surface area contributed by atoms with Gasteiger partial charge < -0.3 is 15.0 Å². The molecule has 0 aromatic heterocycles. The zero-order valence-corrected chi connectivity index (χ0v) is 17.8. The maximum atomic E-state index is 13.4. The fourth-order valence-electron chi connectivity index (χ4n) is 3.81. The lowest BCUT2D eigenvalue weighted by atomic mass is 9.73. The van der Waals surface area contributed by atoms with Crippen LogP contribution in [0, 0.1) is 0 Å². The van der Waals surface area contributed by atoms with Gasteiger partial charge >= 0.3 is 0 Å². The van der Waals surface area contributed by atoms with E-state index >= 15 is 0 Å². The molecule has 1 heterocycles. The van der Waals surface area contributed by atoms with Crippen LogP contribution in [-0.2, 0) is 14.9 Å². The molecule has 1 atom stereocenters. The first kappa shape index (κ1) is 21.1. The van der Waals surface area contributed by atoms with Crippen LogP contribution in [0.5, 0.6) is 0 Å². The summed E-state index contributed by atoms with van der Waals surface area (Å²) in [5.74, 6) is 0.0343. The van der Waals surface area contributed by atoms with Crippen molar-refractivity contribution in [2.45, 2.75) is 24.3 Å². The second kappa shape index (κ2) is 9.27. The highest BCUT2D eigenvalue weighted by Gasteiger charge is 2.41. The van der Waals surface area contributed by atoms with Crippen LogP contribution in [0.25, 0.3) is 0 Å². The average molecular weight is 421 g/mol. The van der Waals surface area contributed by atoms with E-state index in [9.17, 15) is 4.79 Å². The smallest absolute Gasteiger partial charge is 0.230 e. The van der Waals surface area contributed by atoms with Gasteiger partial charge in [-0.15, -0.1) is 0 Å². The fourth-order valence-corrected chi connectivity index (χ4v) is 4.13. The molecule has 1 fully saturated rings. The monoisotopic (exact) mass is 420 g/mol. The number of likely N-dealkylation sites (N-methyl/N-ethyl adjacent to an activating group) is 1. The minimum Gasteiger partial charge on any atom is -0.381 e. The summed E-state index contributed by atoms with van der Waals surface area (Å²) in [4.78, 5) is 15.5. The summed E-state index contributed by atoms with van der Waals surface area (Å²) < 4.78 is 5.54. The molecule has 150 valence electrons. The Morgan fingerprint density at radius 3 is 2.39 bits per heavy atom. The predicted octanol–water partition coefficient (Wildman–Crippen LogP) is 4.46. The van der Waals surface area contributed by atoms with Gasteiger partial charge in [0.1, 0.15) is 0 Å². The fraction of sp³-hybridized carbons (Fsp3) is 0.409. The van der Waals surface area contributed by atoms with Gasteiger partial charge in [0, 0.05) is 29.8 Å². The lowest BCUT2D eigenvalue weighted by molar-refractivity contribution is -0.130. The molecule has 0 radical (unpaired) electrons. The van der Waals surface area contributed by atoms with Crippen molar-refractivity contribution < 1.29 is 9.53 Å². The van der Waals surface area contributed by atoms with Crippen molar-refractivity contribution in [3.05, 3.63) is 69.7 Å². The largest absolute Gasteiger partial charge is 0.381 e. The van der Waals surface area contributed by atoms with Crippen LogP contribution < -0.4 is 5.32 Å². The summed E-state index contributed by atoms with van der Waals surface area (Å²) in [6, 6.07) is 15.4. The first-order valence-corrected chi connectivity index (χ1v) is 10.2. The topological polar surface area (TPSA) is 41.6 Å². The molecule has 0 bridgehead atoms. The molecule has 6 heteroatoms. The maximum absolute atomic E-state index is 13.4. The number of amides is 1. The molecular formula is C22H26Cl2N2O2. The lowest BCUT2D eigenvalue weighted by Gasteiger charge is -2.37. The van der Waals surface area contributed by atoms with Crippen LogP contribution >= 0.6 is 23.2 Å². The Morgan fingerprint density at radius 2 is 1.79 bits per heavy atom. The Balaban J connectivity index is 1.80. The number of benzene rings is 2. The van der Waals surface area contributed by atoms with E-state index in [1.54, 1.807) is 0 Å². The number of rotatable bonds is 6. The van der Waals surface area contributed by atoms with E-state index in [1.807, 2.05) is 62.6 Å². The van der Waals surface area contributed by atoms with E-state index in [2.05, 4.69) is 10.2 Å². The van der Waals surface area contributed by atoms with E-state index in [1.165, 1.54) is 0 Å². The lowest BCUT2D eigenvalue weighted by Crippen LogP contribution is -2.49. The molecule has 0 spiro atoms. The second-order valence-corrected chi connectivity index (χ2v) is 8.32. The third-order valence-electron chi connectivity index (χ3n) is 5.49. The number of nitrogens with one attached hydrogen (secondary N) is 1. The molecule has 28 heavy (non-hydrogen) atoms. The summed E-state index contributed by atoms with van der Waals surface area (Å²) in [7, 11) is 4.00. The van der Waals surface area contributed by atoms with Gasteiger partial charge in [-0.1, -0.05) is 47.5 Å². The first-order valence-electron chi connectivity index (χ1n) is 9.46. The third kappa shape index (κ3) is 4.69. The van der Waals surface area contributed by atoms with E-state index in [4.69, 9.17) is 27.9 Å². The second-order valence-electron chi connectivity index (χ2n) is 7.45. The molecule has 1 N–H and O–H groups in total. The zero-order valence-electron chi connectivity index (χ0n) is 16.3. The number of ether oxygens (including phenoxy) is 1. The number of halogens is 2. The molecular weight excluding hydrogens is 395 g/mol. The molecule has 0 aliphatic carbocycles. The zero-order chi connectivity index (χ0) is 20.1. The Kier molecular flexibility index (Phi) is 7.00. The van der Waals surface area contributed by atoms with Gasteiger partial charge in [0.2, 0.25) is 5.91 Å². The summed E-state index contributed by atoms with van der Waals surface area (Å²) in [5.41, 5.74) is 1.47. The van der Waals surface area contributed by atoms with Crippen LogP contribution in [0.3, 0.4) is 0 Å². The number of nitrogens with zero attached hydrogens (tertiary/aromatic N) is 1. The standard InChI is InChI=1S/C22H26Cl2N2O2/c1-26(2)20(16-4-3-5-19(24)14-16)15-25-21(27)22(10-12-28-13-11-22)17-6-8-18(23)9-7-17/h3-9,14,20H,10-13,15H2,1-2H3,(H,25,27)/t20-/m1/s1. The molecule has 0 saturated carbocycles. The molecule has 4 nitrogen and oxygen atoms in total. The van der Waals surface area contributed by atoms with Crippen LogP contribution in [-0.4, -0.2) is 44.7 Å². The quantitative estimate of drug-likeness (QED) is 0.749. The molecule has 1 aliphatic rings. The Morgan fingerprint density at radius 1 is 1.11 bits per heavy atom. The van der Waals surface area contributed by atoms with E-state index in [-0.39, 0.29) is 11.9 Å². The normalized spacial score (nSPS) is 17.3. The highest BCUT2D eigenvalue weighted by atomic mass is 35.5. The Labute approximate surface area is 176 Å². The van der Waals surface area contributed by atoms with Crippen molar-refractivity contribution in [1.82, 2.24) is 10.2 Å². The minimum absolute atomic E-state index is 0.0322. The van der Waals surface area contributed by atoms with Gasteiger partial charge in [-0.05, 0) is 62.3 Å². The molecule has 1 saturated heterocycles. The predicted molar refractivity (Wildman–Crippen MR) is 114 cm³/mol. The molecule has 3 rings (SSSR count). The van der Waals surface area contributed by atoms with E-state index < -0.39 is 5.41 Å². The van der Waals surface area contributed by atoms with Gasteiger partial charge in [-0.25, -0.2) is 0 Å². The number of carbonyl (C=O) groups excluding carboxylic acids is 1. The highest BCUT2D eigenvalue weighted by Crippen LogP contribution is 2.36. The molecule has 1 aliphatic heterocycles. The Bertz CT molecular complexity index is 802. The average Bonchev–Trinajstić information content (AvgIpc) is 2.69. The number of hydrogen-bond acceptors (Lipinski definition) is 3. The van der Waals surface area contributed by atoms with Gasteiger partial charge in [0.25, 0.3) is 0 Å². The van der Waals surface area contributed by atoms with Gasteiger partial charge in [-0.3, -0.25) is 4.79 Å². The highest BCUT2D eigenvalue weighted by molar-refractivity contribution is 6.30. The van der Waals surface area contributed by atoms with Gasteiger partial charge in [-0.2, -0.15) is 0 Å². The molecule has 0 unspecified atom stereocenters. The van der Waals surface area contributed by atoms with Crippen molar-refractivity contribution in [3.8, 4) is 0 Å². The summed E-state index contributed by atoms with van der Waals surface area (Å²) in [6.45, 7) is 1.64. The third-order valence-corrected chi connectivity index (χ3v) is 5.98. The van der Waals surface area contributed by atoms with Gasteiger partial charge in [0.15, 0.2) is 0 Å². The summed E-state index contributed by atoms with van der Waals surface area (Å²) >= 11 is 12.2. The van der Waals surface area contributed by atoms with Crippen LogP contribution in [0.15, 0.2) is 48.5 Å². The van der Waals surface area contributed by atoms with Gasteiger partial charge in [0.05, 0.1) is 11.5 Å². The number of hydrogen-bond donors (Lipinski definition) is 1. The van der Waals surface area contributed by atoms with E-state index in [0.717, 1.165) is 11.1 Å². The maximum Gasteiger partial charge on any atom is 0.230 e. The SMILES string of the molecule is CN(C)[C@H](CNC(=O)C1(c2ccc(Cl)cc2)CCOCC1)c1cccc(Cl)c1. The molecule has 2 aromatic rings.